The van der Waals surface area contributed by atoms with Gasteiger partial charge in [0.15, 0.2) is 0 Å². The minimum Gasteiger partial charge on any atom is -0.336 e. The molecule has 0 aliphatic carbocycles. The van der Waals surface area contributed by atoms with E-state index in [9.17, 15) is 4.79 Å². The van der Waals surface area contributed by atoms with Crippen LogP contribution in [0.5, 0.6) is 0 Å². The topological polar surface area (TPSA) is 85.8 Å². The van der Waals surface area contributed by atoms with Crippen molar-refractivity contribution in [3.8, 4) is 0 Å². The summed E-state index contributed by atoms with van der Waals surface area (Å²) in [6, 6.07) is 8.91. The van der Waals surface area contributed by atoms with Gasteiger partial charge in [-0.15, -0.1) is 0 Å². The van der Waals surface area contributed by atoms with Crippen LogP contribution in [0.15, 0.2) is 41.1 Å². The fraction of sp³-hybridized carbons (Fsp3) is 0.238. The Labute approximate surface area is 183 Å². The molecule has 0 aliphatic heterocycles. The van der Waals surface area contributed by atoms with Crippen molar-refractivity contribution in [3.05, 3.63) is 69.1 Å². The maximum absolute atomic E-state index is 13.2. The largest absolute Gasteiger partial charge is 0.336 e. The van der Waals surface area contributed by atoms with E-state index in [1.807, 2.05) is 26.0 Å². The maximum Gasteiger partial charge on any atom is 0.259 e. The van der Waals surface area contributed by atoms with Crippen LogP contribution in [0.25, 0.3) is 11.1 Å². The number of nitrogens with zero attached hydrogens (tertiary/aromatic N) is 4. The summed E-state index contributed by atoms with van der Waals surface area (Å²) in [7, 11) is 0. The smallest absolute Gasteiger partial charge is 0.259 e. The third kappa shape index (κ3) is 3.78. The van der Waals surface area contributed by atoms with E-state index in [1.54, 1.807) is 36.0 Å². The molecule has 0 spiro atoms. The Hall–Kier alpha value is -2.90. The number of aromatic nitrogens is 4. The fourth-order valence-corrected chi connectivity index (χ4v) is 3.55. The minimum atomic E-state index is -0.297. The van der Waals surface area contributed by atoms with E-state index in [-0.39, 0.29) is 11.8 Å². The summed E-state index contributed by atoms with van der Waals surface area (Å²) in [6.07, 6.45) is 1.61. The lowest BCUT2D eigenvalue weighted by atomic mass is 10.0. The number of carbonyl (C=O) groups excluding carboxylic acids is 1. The zero-order valence-electron chi connectivity index (χ0n) is 16.6. The van der Waals surface area contributed by atoms with Crippen molar-refractivity contribution in [2.45, 2.75) is 33.2 Å². The zero-order valence-corrected chi connectivity index (χ0v) is 18.1. The highest BCUT2D eigenvalue weighted by atomic mass is 35.5. The van der Waals surface area contributed by atoms with Crippen molar-refractivity contribution in [1.29, 1.82) is 0 Å². The molecular formula is C21H19Cl2N5O2. The Morgan fingerprint density at radius 3 is 2.83 bits per heavy atom. The molecule has 1 aromatic carbocycles. The summed E-state index contributed by atoms with van der Waals surface area (Å²) in [5.74, 6) is 0.359. The molecule has 0 saturated heterocycles. The van der Waals surface area contributed by atoms with Gasteiger partial charge < -0.3 is 9.84 Å². The monoisotopic (exact) mass is 443 g/mol. The number of aryl methyl sites for hydroxylation is 1. The molecule has 3 aromatic heterocycles. The molecule has 9 heteroatoms. The number of pyridine rings is 1. The van der Waals surface area contributed by atoms with E-state index in [0.29, 0.717) is 44.8 Å². The second-order valence-corrected chi connectivity index (χ2v) is 8.02. The first kappa shape index (κ1) is 20.4. The van der Waals surface area contributed by atoms with E-state index < -0.39 is 0 Å². The zero-order chi connectivity index (χ0) is 21.4. The highest BCUT2D eigenvalue weighted by molar-refractivity contribution is 6.42. The van der Waals surface area contributed by atoms with Gasteiger partial charge in [-0.3, -0.25) is 4.79 Å². The van der Waals surface area contributed by atoms with Crippen LogP contribution in [-0.2, 0) is 6.54 Å². The number of fused-ring (bicyclic) bond motifs is 1. The molecule has 3 heterocycles. The molecule has 1 N–H and O–H groups in total. The summed E-state index contributed by atoms with van der Waals surface area (Å²) in [5, 5.41) is 12.7. The fourth-order valence-electron chi connectivity index (χ4n) is 3.17. The maximum atomic E-state index is 13.2. The van der Waals surface area contributed by atoms with Crippen molar-refractivity contribution < 1.29 is 9.32 Å². The first-order chi connectivity index (χ1) is 14.3. The standard InChI is InChI=1S/C21H19Cl2N5O2/c1-11(2)16-9-14(18-12(3)27-30-21(18)25-16)20(29)26-17-7-8-24-28(17)10-13-5-4-6-15(22)19(13)23/h4-9,11H,10H2,1-3H3,(H,26,29). The van der Waals surface area contributed by atoms with Gasteiger partial charge in [0.05, 0.1) is 39.4 Å². The van der Waals surface area contributed by atoms with Crippen molar-refractivity contribution in [3.63, 3.8) is 0 Å². The lowest BCUT2D eigenvalue weighted by Crippen LogP contribution is -2.17. The van der Waals surface area contributed by atoms with Crippen LogP contribution < -0.4 is 5.32 Å². The number of anilines is 1. The van der Waals surface area contributed by atoms with Crippen LogP contribution in [-0.4, -0.2) is 25.8 Å². The van der Waals surface area contributed by atoms with Crippen LogP contribution in [0.3, 0.4) is 0 Å². The molecule has 0 bridgehead atoms. The Kier molecular flexibility index (Phi) is 5.49. The van der Waals surface area contributed by atoms with E-state index in [2.05, 4.69) is 20.6 Å². The number of halogens is 2. The predicted octanol–water partition coefficient (Wildman–Crippen LogP) is 5.46. The quantitative estimate of drug-likeness (QED) is 0.442. The third-order valence-electron chi connectivity index (χ3n) is 4.78. The van der Waals surface area contributed by atoms with E-state index in [1.165, 1.54) is 0 Å². The number of carbonyl (C=O) groups is 1. The number of benzene rings is 1. The van der Waals surface area contributed by atoms with Crippen LogP contribution in [0.4, 0.5) is 5.82 Å². The second kappa shape index (κ2) is 8.08. The molecular weight excluding hydrogens is 425 g/mol. The van der Waals surface area contributed by atoms with Gasteiger partial charge in [-0.05, 0) is 30.5 Å². The average molecular weight is 444 g/mol. The Balaban J connectivity index is 1.67. The van der Waals surface area contributed by atoms with Crippen molar-refractivity contribution >= 4 is 46.0 Å². The molecule has 4 rings (SSSR count). The van der Waals surface area contributed by atoms with E-state index in [4.69, 9.17) is 27.7 Å². The molecule has 4 aromatic rings. The molecule has 7 nitrogen and oxygen atoms in total. The first-order valence-electron chi connectivity index (χ1n) is 9.38. The molecule has 0 radical (unpaired) electrons. The highest BCUT2D eigenvalue weighted by Crippen LogP contribution is 2.28. The molecule has 0 fully saturated rings. The van der Waals surface area contributed by atoms with Gasteiger partial charge in [-0.25, -0.2) is 9.67 Å². The van der Waals surface area contributed by atoms with Crippen LogP contribution in [0.2, 0.25) is 10.0 Å². The number of hydrogen-bond acceptors (Lipinski definition) is 5. The Bertz CT molecular complexity index is 1250. The summed E-state index contributed by atoms with van der Waals surface area (Å²) >= 11 is 12.4. The van der Waals surface area contributed by atoms with Gasteiger partial charge in [0, 0.05) is 11.8 Å². The summed E-state index contributed by atoms with van der Waals surface area (Å²) in [6.45, 7) is 6.15. The number of amides is 1. The van der Waals surface area contributed by atoms with Crippen molar-refractivity contribution in [2.24, 2.45) is 0 Å². The Morgan fingerprint density at radius 1 is 1.27 bits per heavy atom. The summed E-state index contributed by atoms with van der Waals surface area (Å²) in [5.41, 5.74) is 2.96. The normalized spacial score (nSPS) is 11.4. The van der Waals surface area contributed by atoms with Gasteiger partial charge in [0.1, 0.15) is 5.82 Å². The van der Waals surface area contributed by atoms with Crippen LogP contribution in [0.1, 0.15) is 47.1 Å². The SMILES string of the molecule is Cc1noc2nc(C(C)C)cc(C(=O)Nc3ccnn3Cc3cccc(Cl)c3Cl)c12. The summed E-state index contributed by atoms with van der Waals surface area (Å²) in [4.78, 5) is 17.7. The van der Waals surface area contributed by atoms with E-state index >= 15 is 0 Å². The Morgan fingerprint density at radius 2 is 2.07 bits per heavy atom. The molecule has 30 heavy (non-hydrogen) atoms. The van der Waals surface area contributed by atoms with Crippen molar-refractivity contribution in [1.82, 2.24) is 19.9 Å². The highest BCUT2D eigenvalue weighted by Gasteiger charge is 2.21. The van der Waals surface area contributed by atoms with E-state index in [0.717, 1.165) is 11.3 Å². The third-order valence-corrected chi connectivity index (χ3v) is 5.64. The number of nitrogens with one attached hydrogen (secondary N) is 1. The molecule has 154 valence electrons. The average Bonchev–Trinajstić information content (AvgIpc) is 3.31. The van der Waals surface area contributed by atoms with Gasteiger partial charge in [0.25, 0.3) is 11.6 Å². The van der Waals surface area contributed by atoms with Gasteiger partial charge in [-0.2, -0.15) is 5.10 Å². The molecule has 1 amide bonds. The first-order valence-corrected chi connectivity index (χ1v) is 10.1. The van der Waals surface area contributed by atoms with Gasteiger partial charge >= 0.3 is 0 Å². The minimum absolute atomic E-state index is 0.127. The summed E-state index contributed by atoms with van der Waals surface area (Å²) < 4.78 is 6.96. The molecule has 0 saturated carbocycles. The lowest BCUT2D eigenvalue weighted by Gasteiger charge is -2.12. The number of hydrogen-bond donors (Lipinski definition) is 1. The molecule has 0 atom stereocenters. The second-order valence-electron chi connectivity index (χ2n) is 7.24. The number of rotatable bonds is 5. The van der Waals surface area contributed by atoms with Crippen LogP contribution >= 0.6 is 23.2 Å². The van der Waals surface area contributed by atoms with Crippen LogP contribution in [0, 0.1) is 6.92 Å². The molecule has 0 unspecified atom stereocenters. The predicted molar refractivity (Wildman–Crippen MR) is 116 cm³/mol. The molecule has 0 aliphatic rings. The van der Waals surface area contributed by atoms with Crippen molar-refractivity contribution in [2.75, 3.05) is 5.32 Å². The lowest BCUT2D eigenvalue weighted by molar-refractivity contribution is 0.102. The van der Waals surface area contributed by atoms with Gasteiger partial charge in [0.2, 0.25) is 0 Å². The van der Waals surface area contributed by atoms with Gasteiger partial charge in [-0.1, -0.05) is 54.3 Å².